The number of anilines is 1. The molecule has 0 aliphatic carbocycles. The van der Waals surface area contributed by atoms with Gasteiger partial charge in [0.15, 0.2) is 0 Å². The van der Waals surface area contributed by atoms with Crippen LogP contribution in [0.1, 0.15) is 17.5 Å². The number of hydrogen-bond donors (Lipinski definition) is 2. The highest BCUT2D eigenvalue weighted by Crippen LogP contribution is 2.36. The van der Waals surface area contributed by atoms with E-state index in [2.05, 4.69) is 4.98 Å². The van der Waals surface area contributed by atoms with Crippen molar-refractivity contribution >= 4 is 29.0 Å². The van der Waals surface area contributed by atoms with Gasteiger partial charge in [0, 0.05) is 17.6 Å². The summed E-state index contributed by atoms with van der Waals surface area (Å²) in [5.74, 6) is 0.540. The first kappa shape index (κ1) is 14.1. The summed E-state index contributed by atoms with van der Waals surface area (Å²) < 4.78 is 0. The fourth-order valence-corrected chi connectivity index (χ4v) is 2.50. The van der Waals surface area contributed by atoms with Gasteiger partial charge in [-0.15, -0.1) is 11.6 Å². The topological polar surface area (TPSA) is 59.1 Å². The van der Waals surface area contributed by atoms with Gasteiger partial charge in [-0.2, -0.15) is 0 Å². The summed E-state index contributed by atoms with van der Waals surface area (Å²) in [7, 11) is 0. The minimum atomic E-state index is -1.29. The molecule has 0 saturated heterocycles. The average molecular weight is 297 g/mol. The van der Waals surface area contributed by atoms with E-state index in [1.807, 2.05) is 30.3 Å². The molecule has 0 aliphatic rings. The van der Waals surface area contributed by atoms with Crippen molar-refractivity contribution in [2.24, 2.45) is 0 Å². The Morgan fingerprint density at radius 2 is 1.95 bits per heavy atom. The van der Waals surface area contributed by atoms with Crippen LogP contribution in [-0.4, -0.2) is 16.0 Å². The smallest absolute Gasteiger partial charge is 0.129 e. The predicted octanol–water partition coefficient (Wildman–Crippen LogP) is 3.18. The van der Waals surface area contributed by atoms with Crippen molar-refractivity contribution in [2.75, 3.05) is 11.6 Å². The molecule has 100 valence electrons. The summed E-state index contributed by atoms with van der Waals surface area (Å²) in [5, 5.41) is 11.4. The van der Waals surface area contributed by atoms with Crippen LogP contribution in [0.2, 0.25) is 5.02 Å². The van der Waals surface area contributed by atoms with Crippen molar-refractivity contribution in [3.05, 3.63) is 58.7 Å². The molecule has 1 aromatic heterocycles. The van der Waals surface area contributed by atoms with E-state index in [1.54, 1.807) is 6.07 Å². The van der Waals surface area contributed by atoms with Gasteiger partial charge >= 0.3 is 0 Å². The summed E-state index contributed by atoms with van der Waals surface area (Å²) in [5.41, 5.74) is 5.78. The minimum absolute atomic E-state index is 0.251. The molecule has 0 radical (unpaired) electrons. The van der Waals surface area contributed by atoms with E-state index in [1.165, 1.54) is 6.20 Å². The highest BCUT2D eigenvalue weighted by Gasteiger charge is 2.33. The average Bonchev–Trinajstić information content (AvgIpc) is 2.42. The first-order valence-corrected chi connectivity index (χ1v) is 6.74. The zero-order valence-corrected chi connectivity index (χ0v) is 11.7. The van der Waals surface area contributed by atoms with Gasteiger partial charge in [-0.25, -0.2) is 4.98 Å². The summed E-state index contributed by atoms with van der Waals surface area (Å²) in [4.78, 5) is 4.00. The summed E-state index contributed by atoms with van der Waals surface area (Å²) in [6.07, 6.45) is 1.78. The van der Waals surface area contributed by atoms with Crippen LogP contribution >= 0.6 is 23.2 Å². The largest absolute Gasteiger partial charge is 0.383 e. The molecule has 2 aromatic rings. The Bertz CT molecular complexity index is 563. The van der Waals surface area contributed by atoms with Gasteiger partial charge < -0.3 is 10.8 Å². The van der Waals surface area contributed by atoms with Gasteiger partial charge in [0.2, 0.25) is 0 Å². The molecule has 1 aromatic carbocycles. The lowest BCUT2D eigenvalue weighted by Crippen LogP contribution is -2.29. The Morgan fingerprint density at radius 1 is 1.26 bits per heavy atom. The Balaban J connectivity index is 2.59. The lowest BCUT2D eigenvalue weighted by atomic mass is 9.84. The Kier molecular flexibility index (Phi) is 4.30. The van der Waals surface area contributed by atoms with Gasteiger partial charge in [-0.1, -0.05) is 41.9 Å². The number of pyridine rings is 1. The number of aromatic nitrogens is 1. The number of rotatable bonds is 4. The Morgan fingerprint density at radius 3 is 2.58 bits per heavy atom. The van der Waals surface area contributed by atoms with Crippen LogP contribution in [0, 0.1) is 0 Å². The molecule has 1 heterocycles. The number of alkyl halides is 1. The van der Waals surface area contributed by atoms with E-state index in [4.69, 9.17) is 28.9 Å². The van der Waals surface area contributed by atoms with Crippen molar-refractivity contribution in [1.29, 1.82) is 0 Å². The van der Waals surface area contributed by atoms with Gasteiger partial charge in [0.25, 0.3) is 0 Å². The van der Waals surface area contributed by atoms with E-state index in [0.29, 0.717) is 22.6 Å². The van der Waals surface area contributed by atoms with Crippen LogP contribution in [0.3, 0.4) is 0 Å². The minimum Gasteiger partial charge on any atom is -0.383 e. The maximum atomic E-state index is 11.0. The number of aliphatic hydroxyl groups is 1. The summed E-state index contributed by atoms with van der Waals surface area (Å²) in [6.45, 7) is 0. The molecule has 0 bridgehead atoms. The molecular formula is C14H14Cl2N2O. The van der Waals surface area contributed by atoms with Crippen LogP contribution in [0.15, 0.2) is 42.6 Å². The third kappa shape index (κ3) is 2.84. The summed E-state index contributed by atoms with van der Waals surface area (Å²) >= 11 is 11.8. The number of halogens is 2. The second-order valence-corrected chi connectivity index (χ2v) is 5.07. The fourth-order valence-electron chi connectivity index (χ4n) is 2.07. The predicted molar refractivity (Wildman–Crippen MR) is 78.4 cm³/mol. The van der Waals surface area contributed by atoms with Crippen molar-refractivity contribution < 1.29 is 5.11 Å². The molecule has 0 amide bonds. The molecule has 3 N–H and O–H groups in total. The number of hydrogen-bond acceptors (Lipinski definition) is 3. The van der Waals surface area contributed by atoms with E-state index in [-0.39, 0.29) is 11.7 Å². The van der Waals surface area contributed by atoms with E-state index < -0.39 is 5.60 Å². The van der Waals surface area contributed by atoms with Crippen LogP contribution in [-0.2, 0) is 5.60 Å². The van der Waals surface area contributed by atoms with Gasteiger partial charge in [0.1, 0.15) is 11.4 Å². The maximum Gasteiger partial charge on any atom is 0.129 e. The Hall–Kier alpha value is -1.29. The van der Waals surface area contributed by atoms with Crippen molar-refractivity contribution in [1.82, 2.24) is 4.98 Å². The molecule has 0 fully saturated rings. The molecule has 0 aliphatic heterocycles. The zero-order chi connectivity index (χ0) is 13.9. The SMILES string of the molecule is Nc1ncc(Cl)cc1C(O)(CCCl)c1ccccc1. The molecule has 1 unspecified atom stereocenters. The van der Waals surface area contributed by atoms with Crippen molar-refractivity contribution in [3.8, 4) is 0 Å². The monoisotopic (exact) mass is 296 g/mol. The Labute approximate surface area is 122 Å². The third-order valence-electron chi connectivity index (χ3n) is 3.04. The third-order valence-corrected chi connectivity index (χ3v) is 3.43. The van der Waals surface area contributed by atoms with Gasteiger partial charge in [0.05, 0.1) is 5.02 Å². The van der Waals surface area contributed by atoms with E-state index >= 15 is 0 Å². The van der Waals surface area contributed by atoms with Crippen LogP contribution in [0.25, 0.3) is 0 Å². The zero-order valence-electron chi connectivity index (χ0n) is 10.2. The molecule has 1 atom stereocenters. The van der Waals surface area contributed by atoms with Crippen molar-refractivity contribution in [3.63, 3.8) is 0 Å². The molecule has 19 heavy (non-hydrogen) atoms. The molecule has 0 spiro atoms. The van der Waals surface area contributed by atoms with E-state index in [0.717, 1.165) is 0 Å². The molecule has 0 saturated carbocycles. The first-order chi connectivity index (χ1) is 9.08. The normalized spacial score (nSPS) is 14.1. The lowest BCUT2D eigenvalue weighted by molar-refractivity contribution is 0.0780. The number of benzene rings is 1. The van der Waals surface area contributed by atoms with Crippen LogP contribution < -0.4 is 5.73 Å². The molecule has 2 rings (SSSR count). The molecule has 5 heteroatoms. The van der Waals surface area contributed by atoms with E-state index in [9.17, 15) is 5.11 Å². The number of nitrogens with zero attached hydrogens (tertiary/aromatic N) is 1. The van der Waals surface area contributed by atoms with Crippen molar-refractivity contribution in [2.45, 2.75) is 12.0 Å². The standard InChI is InChI=1S/C14H14Cl2N2O/c15-7-6-14(19,10-4-2-1-3-5-10)12-8-11(16)9-18-13(12)17/h1-5,8-9,19H,6-7H2,(H2,17,18). The fraction of sp³-hybridized carbons (Fsp3) is 0.214. The second-order valence-electron chi connectivity index (χ2n) is 4.25. The highest BCUT2D eigenvalue weighted by atomic mass is 35.5. The quantitative estimate of drug-likeness (QED) is 0.852. The maximum absolute atomic E-state index is 11.0. The molecule has 3 nitrogen and oxygen atoms in total. The van der Waals surface area contributed by atoms with Gasteiger partial charge in [-0.3, -0.25) is 0 Å². The van der Waals surface area contributed by atoms with Crippen LogP contribution in [0.5, 0.6) is 0 Å². The number of nitrogen functional groups attached to an aromatic ring is 1. The molecular weight excluding hydrogens is 283 g/mol. The highest BCUT2D eigenvalue weighted by molar-refractivity contribution is 6.30. The second kappa shape index (κ2) is 5.78. The van der Waals surface area contributed by atoms with Gasteiger partial charge in [-0.05, 0) is 18.1 Å². The lowest BCUT2D eigenvalue weighted by Gasteiger charge is -2.29. The summed E-state index contributed by atoms with van der Waals surface area (Å²) in [6, 6.07) is 10.9. The number of nitrogens with two attached hydrogens (primary N) is 1. The van der Waals surface area contributed by atoms with Crippen LogP contribution in [0.4, 0.5) is 5.82 Å². The first-order valence-electron chi connectivity index (χ1n) is 5.83.